The molecule has 0 aromatic carbocycles. The van der Waals surface area contributed by atoms with E-state index >= 15 is 0 Å². The van der Waals surface area contributed by atoms with Crippen molar-refractivity contribution in [3.8, 4) is 0 Å². The van der Waals surface area contributed by atoms with Crippen molar-refractivity contribution < 1.29 is 61.7 Å². The third-order valence-electron chi connectivity index (χ3n) is 0. The van der Waals surface area contributed by atoms with Crippen molar-refractivity contribution in [2.24, 2.45) is 11.5 Å². The molecule has 0 aliphatic rings. The first kappa shape index (κ1) is 15.8. The van der Waals surface area contributed by atoms with Crippen molar-refractivity contribution in [3.05, 3.63) is 0 Å². The van der Waals surface area contributed by atoms with Gasteiger partial charge in [0.05, 0.1) is 0 Å². The number of urea groups is 1. The van der Waals surface area contributed by atoms with E-state index < -0.39 is 6.03 Å². The van der Waals surface area contributed by atoms with Gasteiger partial charge in [-0.25, -0.2) is 4.79 Å². The summed E-state index contributed by atoms with van der Waals surface area (Å²) in [6.07, 6.45) is 0. The van der Waals surface area contributed by atoms with Crippen molar-refractivity contribution in [1.82, 2.24) is 0 Å². The van der Waals surface area contributed by atoms with E-state index in [1.165, 1.54) is 0 Å². The third-order valence-corrected chi connectivity index (χ3v) is 0. The second kappa shape index (κ2) is 9.29. The molecule has 0 spiro atoms. The number of carbonyl (C=O) groups is 1. The predicted octanol–water partition coefficient (Wildman–Crippen LogP) is -4.15. The van der Waals surface area contributed by atoms with Crippen LogP contribution in [0.25, 0.3) is 0 Å². The molecule has 0 aliphatic carbocycles. The Bertz CT molecular complexity index is 34.5. The van der Waals surface area contributed by atoms with Gasteiger partial charge in [0.2, 0.25) is 0 Å². The summed E-state index contributed by atoms with van der Waals surface area (Å²) in [5.74, 6) is 0. The monoisotopic (exact) mass is 116 g/mol. The predicted molar refractivity (Wildman–Crippen MR) is 15.7 cm³/mol. The summed E-state index contributed by atoms with van der Waals surface area (Å²) in [4.78, 5) is 9.00. The summed E-state index contributed by atoms with van der Waals surface area (Å²) in [6, 6.07) is -0.833. The maximum Gasteiger partial charge on any atom is 1.00 e. The summed E-state index contributed by atoms with van der Waals surface area (Å²) in [5.41, 5.74) is 8.50. The molecule has 0 fully saturated rings. The molecule has 0 atom stereocenters. The van der Waals surface area contributed by atoms with E-state index in [-0.39, 0.29) is 56.9 Å². The van der Waals surface area contributed by atoms with Gasteiger partial charge in [-0.3, -0.25) is 0 Å². The molecule has 32 valence electrons. The first-order valence-electron chi connectivity index (χ1n) is 0.781. The van der Waals surface area contributed by atoms with Crippen LogP contribution >= 0.6 is 0 Å². The largest absolute Gasteiger partial charge is 1.00 e. The molecule has 0 aromatic rings. The number of carbonyl (C=O) groups excluding carboxylic acids is 1. The fourth-order valence-electron chi connectivity index (χ4n) is 0. The second-order valence-corrected chi connectivity index (χ2v) is 0.402. The van der Waals surface area contributed by atoms with Gasteiger partial charge in [0, 0.05) is 0 Å². The number of hydrogen-bond acceptors (Lipinski definition) is 2. The van der Waals surface area contributed by atoms with Gasteiger partial charge < -0.3 is 16.9 Å². The van der Waals surface area contributed by atoms with Crippen LogP contribution in [0.15, 0.2) is 0 Å². The minimum atomic E-state index is -0.833. The Morgan fingerprint density at radius 3 is 1.33 bits per heavy atom. The summed E-state index contributed by atoms with van der Waals surface area (Å²) < 4.78 is 0. The Morgan fingerprint density at radius 2 is 1.33 bits per heavy atom. The summed E-state index contributed by atoms with van der Waals surface area (Å²) >= 11 is 0. The molecular weight excluding hydrogens is 111 g/mol. The summed E-state index contributed by atoms with van der Waals surface area (Å²) in [6.45, 7) is 0. The summed E-state index contributed by atoms with van der Waals surface area (Å²) in [7, 11) is 0. The average Bonchev–Trinajstić information content (AvgIpc) is 0.811. The molecule has 0 aliphatic heterocycles. The maximum absolute atomic E-state index is 9.00. The van der Waals surface area contributed by atoms with E-state index in [2.05, 4.69) is 11.5 Å². The van der Waals surface area contributed by atoms with Crippen molar-refractivity contribution in [2.75, 3.05) is 0 Å². The first-order valence-corrected chi connectivity index (χ1v) is 0.781. The molecule has 5 heteroatoms. The molecule has 0 rings (SSSR count). The Hall–Kier alpha value is 0.866. The van der Waals surface area contributed by atoms with Crippen LogP contribution in [0.3, 0.4) is 0 Å². The number of rotatable bonds is 0. The molecule has 0 heterocycles. The minimum absolute atomic E-state index is 0. The van der Waals surface area contributed by atoms with Gasteiger partial charge in [0.25, 0.3) is 0 Å². The van der Waals surface area contributed by atoms with Crippen LogP contribution in [0.1, 0.15) is 0 Å². The van der Waals surface area contributed by atoms with E-state index in [4.69, 9.17) is 4.79 Å². The zero-order valence-electron chi connectivity index (χ0n) is 3.51. The van der Waals surface area contributed by atoms with Crippen LogP contribution in [0.2, 0.25) is 0 Å². The molecule has 0 aromatic heterocycles. The van der Waals surface area contributed by atoms with Gasteiger partial charge in [-0.2, -0.15) is 0 Å². The van der Waals surface area contributed by atoms with Gasteiger partial charge in [-0.1, -0.05) is 0 Å². The third kappa shape index (κ3) is 96.9. The molecule has 0 bridgehead atoms. The van der Waals surface area contributed by atoms with Crippen LogP contribution in [0.5, 0.6) is 0 Å². The Balaban J connectivity index is -0.0000000450. The quantitative estimate of drug-likeness (QED) is 0.314. The normalized spacial score (nSPS) is 4.00. The SMILES string of the molecule is NC(N)=O.[K+].[OH-]. The zero-order chi connectivity index (χ0) is 3.58. The van der Waals surface area contributed by atoms with Crippen LogP contribution in [0, 0.1) is 0 Å². The molecule has 0 saturated carbocycles. The van der Waals surface area contributed by atoms with E-state index in [1.807, 2.05) is 0 Å². The van der Waals surface area contributed by atoms with Crippen LogP contribution in [-0.4, -0.2) is 11.5 Å². The molecular formula is CH5KN2O2. The first-order chi connectivity index (χ1) is 1.73. The minimum Gasteiger partial charge on any atom is -0.870 e. The molecule has 0 saturated heterocycles. The van der Waals surface area contributed by atoms with Gasteiger partial charge in [0.15, 0.2) is 0 Å². The maximum atomic E-state index is 9.00. The molecule has 5 N–H and O–H groups in total. The Morgan fingerprint density at radius 1 is 1.33 bits per heavy atom. The number of amides is 2. The van der Waals surface area contributed by atoms with Gasteiger partial charge in [-0.05, 0) is 0 Å². The van der Waals surface area contributed by atoms with E-state index in [0.717, 1.165) is 0 Å². The Labute approximate surface area is 78.0 Å². The van der Waals surface area contributed by atoms with Gasteiger partial charge in [-0.15, -0.1) is 0 Å². The number of nitrogens with two attached hydrogens (primary N) is 2. The topological polar surface area (TPSA) is 99.1 Å². The van der Waals surface area contributed by atoms with Crippen molar-refractivity contribution in [1.29, 1.82) is 0 Å². The molecule has 0 unspecified atom stereocenters. The molecule has 4 nitrogen and oxygen atoms in total. The molecule has 0 radical (unpaired) electrons. The molecule has 2 amide bonds. The van der Waals surface area contributed by atoms with Crippen molar-refractivity contribution in [2.45, 2.75) is 0 Å². The van der Waals surface area contributed by atoms with E-state index in [9.17, 15) is 0 Å². The second-order valence-electron chi connectivity index (χ2n) is 0.402. The Kier molecular flexibility index (Phi) is 24.5. The van der Waals surface area contributed by atoms with Gasteiger partial charge >= 0.3 is 57.4 Å². The number of primary amides is 2. The van der Waals surface area contributed by atoms with Crippen LogP contribution < -0.4 is 62.9 Å². The van der Waals surface area contributed by atoms with Gasteiger partial charge in [0.1, 0.15) is 0 Å². The smallest absolute Gasteiger partial charge is 0.870 e. The fraction of sp³-hybridized carbons (Fsp3) is 0. The van der Waals surface area contributed by atoms with Crippen molar-refractivity contribution >= 4 is 6.03 Å². The zero-order valence-corrected chi connectivity index (χ0v) is 6.63. The molecule has 6 heavy (non-hydrogen) atoms. The standard InChI is InChI=1S/CH4N2O.K.H2O/c2-1(3)4;;/h(H4,2,3,4);;1H2/q;+1;/p-1. The van der Waals surface area contributed by atoms with E-state index in [1.54, 1.807) is 0 Å². The fourth-order valence-corrected chi connectivity index (χ4v) is 0. The van der Waals surface area contributed by atoms with Crippen LogP contribution in [0.4, 0.5) is 4.79 Å². The summed E-state index contributed by atoms with van der Waals surface area (Å²) in [5, 5.41) is 0. The van der Waals surface area contributed by atoms with Crippen molar-refractivity contribution in [3.63, 3.8) is 0 Å². The van der Waals surface area contributed by atoms with E-state index in [0.29, 0.717) is 0 Å². The average molecular weight is 116 g/mol. The number of hydrogen-bond donors (Lipinski definition) is 2. The van der Waals surface area contributed by atoms with Crippen LogP contribution in [-0.2, 0) is 0 Å².